The zero-order valence-corrected chi connectivity index (χ0v) is 11.7. The molecule has 1 N–H and O–H groups in total. The van der Waals surface area contributed by atoms with Gasteiger partial charge in [-0.3, -0.25) is 4.90 Å². The van der Waals surface area contributed by atoms with Gasteiger partial charge < -0.3 is 10.1 Å². The average molecular weight is 240 g/mol. The van der Waals surface area contributed by atoms with Gasteiger partial charge in [0, 0.05) is 25.2 Å². The van der Waals surface area contributed by atoms with Crippen molar-refractivity contribution >= 4 is 0 Å². The third-order valence-electron chi connectivity index (χ3n) is 4.25. The van der Waals surface area contributed by atoms with E-state index >= 15 is 0 Å². The lowest BCUT2D eigenvalue weighted by molar-refractivity contribution is -0.0895. The summed E-state index contributed by atoms with van der Waals surface area (Å²) in [5.41, 5.74) is 0.0679. The maximum absolute atomic E-state index is 5.84. The first kappa shape index (κ1) is 13.3. The summed E-state index contributed by atoms with van der Waals surface area (Å²) in [7, 11) is 0. The molecule has 0 amide bonds. The Kier molecular flexibility index (Phi) is 4.45. The topological polar surface area (TPSA) is 24.5 Å². The highest BCUT2D eigenvalue weighted by atomic mass is 16.5. The number of nitrogens with zero attached hydrogens (tertiary/aromatic N) is 1. The second-order valence-electron chi connectivity index (χ2n) is 6.09. The molecule has 3 heteroatoms. The van der Waals surface area contributed by atoms with Crippen molar-refractivity contribution in [3.8, 4) is 0 Å². The minimum absolute atomic E-state index is 0.0679. The van der Waals surface area contributed by atoms with Crippen LogP contribution in [-0.4, -0.2) is 48.8 Å². The SMILES string of the molecule is CCN(C1CCCNC1)C1CCOC(C)(C)C1. The Morgan fingerprint density at radius 3 is 2.71 bits per heavy atom. The summed E-state index contributed by atoms with van der Waals surface area (Å²) in [6.07, 6.45) is 5.07. The summed E-state index contributed by atoms with van der Waals surface area (Å²) < 4.78 is 5.84. The Bertz CT molecular complexity index is 236. The highest BCUT2D eigenvalue weighted by Crippen LogP contribution is 2.29. The predicted octanol–water partition coefficient (Wildman–Crippen LogP) is 2.02. The number of hydrogen-bond acceptors (Lipinski definition) is 3. The summed E-state index contributed by atoms with van der Waals surface area (Å²) in [4.78, 5) is 2.72. The predicted molar refractivity (Wildman–Crippen MR) is 71.3 cm³/mol. The largest absolute Gasteiger partial charge is 0.375 e. The standard InChI is InChI=1S/C14H28N2O/c1-4-16(13-6-5-8-15-11-13)12-7-9-17-14(2,3)10-12/h12-13,15H,4-11H2,1-3H3. The van der Waals surface area contributed by atoms with E-state index in [0.29, 0.717) is 6.04 Å². The lowest BCUT2D eigenvalue weighted by atomic mass is 9.91. The average Bonchev–Trinajstić information content (AvgIpc) is 2.30. The first-order valence-corrected chi connectivity index (χ1v) is 7.23. The highest BCUT2D eigenvalue weighted by molar-refractivity contribution is 4.89. The van der Waals surface area contributed by atoms with Crippen molar-refractivity contribution < 1.29 is 4.74 Å². The quantitative estimate of drug-likeness (QED) is 0.817. The van der Waals surface area contributed by atoms with Crippen LogP contribution in [0.5, 0.6) is 0 Å². The van der Waals surface area contributed by atoms with E-state index in [-0.39, 0.29) is 5.60 Å². The van der Waals surface area contributed by atoms with E-state index in [0.717, 1.165) is 12.6 Å². The van der Waals surface area contributed by atoms with Crippen molar-refractivity contribution in [1.82, 2.24) is 10.2 Å². The van der Waals surface area contributed by atoms with Gasteiger partial charge in [-0.05, 0) is 52.6 Å². The molecular formula is C14H28N2O. The van der Waals surface area contributed by atoms with E-state index in [1.54, 1.807) is 0 Å². The molecule has 2 unspecified atom stereocenters. The number of ether oxygens (including phenoxy) is 1. The van der Waals surface area contributed by atoms with E-state index < -0.39 is 0 Å². The van der Waals surface area contributed by atoms with Crippen LogP contribution in [0.4, 0.5) is 0 Å². The van der Waals surface area contributed by atoms with Gasteiger partial charge >= 0.3 is 0 Å². The van der Waals surface area contributed by atoms with Gasteiger partial charge in [0.05, 0.1) is 5.60 Å². The van der Waals surface area contributed by atoms with Gasteiger partial charge in [-0.2, -0.15) is 0 Å². The fourth-order valence-corrected chi connectivity index (χ4v) is 3.41. The maximum atomic E-state index is 5.84. The van der Waals surface area contributed by atoms with Crippen LogP contribution in [0.3, 0.4) is 0 Å². The van der Waals surface area contributed by atoms with Gasteiger partial charge in [-0.1, -0.05) is 6.92 Å². The van der Waals surface area contributed by atoms with Gasteiger partial charge in [0.25, 0.3) is 0 Å². The minimum Gasteiger partial charge on any atom is -0.375 e. The lowest BCUT2D eigenvalue weighted by Gasteiger charge is -2.45. The summed E-state index contributed by atoms with van der Waals surface area (Å²) >= 11 is 0. The third kappa shape index (κ3) is 3.43. The molecule has 2 fully saturated rings. The summed E-state index contributed by atoms with van der Waals surface area (Å²) in [6, 6.07) is 1.46. The number of nitrogens with one attached hydrogen (secondary N) is 1. The summed E-state index contributed by atoms with van der Waals surface area (Å²) in [6.45, 7) is 11.2. The molecule has 0 saturated carbocycles. The number of rotatable bonds is 3. The van der Waals surface area contributed by atoms with Crippen LogP contribution in [0.15, 0.2) is 0 Å². The highest BCUT2D eigenvalue weighted by Gasteiger charge is 2.34. The smallest absolute Gasteiger partial charge is 0.0641 e. The van der Waals surface area contributed by atoms with E-state index in [9.17, 15) is 0 Å². The van der Waals surface area contributed by atoms with Crippen LogP contribution in [0.25, 0.3) is 0 Å². The minimum atomic E-state index is 0.0679. The van der Waals surface area contributed by atoms with Crippen molar-refractivity contribution in [1.29, 1.82) is 0 Å². The lowest BCUT2D eigenvalue weighted by Crippen LogP contribution is -2.54. The molecule has 2 heterocycles. The first-order valence-electron chi connectivity index (χ1n) is 7.23. The third-order valence-corrected chi connectivity index (χ3v) is 4.25. The molecule has 0 radical (unpaired) electrons. The molecule has 3 nitrogen and oxygen atoms in total. The van der Waals surface area contributed by atoms with Crippen molar-refractivity contribution in [2.45, 2.75) is 64.1 Å². The number of hydrogen-bond donors (Lipinski definition) is 1. The molecule has 0 aromatic heterocycles. The Morgan fingerprint density at radius 2 is 2.12 bits per heavy atom. The van der Waals surface area contributed by atoms with Crippen LogP contribution in [0.2, 0.25) is 0 Å². The van der Waals surface area contributed by atoms with Gasteiger partial charge in [0.1, 0.15) is 0 Å². The molecule has 0 aromatic carbocycles. The van der Waals surface area contributed by atoms with E-state index in [2.05, 4.69) is 31.0 Å². The Balaban J connectivity index is 1.96. The molecule has 17 heavy (non-hydrogen) atoms. The van der Waals surface area contributed by atoms with Crippen LogP contribution < -0.4 is 5.32 Å². The first-order chi connectivity index (χ1) is 8.12. The van der Waals surface area contributed by atoms with Gasteiger partial charge in [0.2, 0.25) is 0 Å². The van der Waals surface area contributed by atoms with Crippen molar-refractivity contribution in [2.75, 3.05) is 26.2 Å². The van der Waals surface area contributed by atoms with Gasteiger partial charge in [-0.15, -0.1) is 0 Å². The molecule has 2 aliphatic rings. The fraction of sp³-hybridized carbons (Fsp3) is 1.00. The molecule has 2 rings (SSSR count). The van der Waals surface area contributed by atoms with Gasteiger partial charge in [0.15, 0.2) is 0 Å². The second-order valence-corrected chi connectivity index (χ2v) is 6.09. The second kappa shape index (κ2) is 5.68. The van der Waals surface area contributed by atoms with Gasteiger partial charge in [-0.25, -0.2) is 0 Å². The zero-order chi connectivity index (χ0) is 12.3. The molecule has 0 bridgehead atoms. The van der Waals surface area contributed by atoms with E-state index in [1.165, 1.54) is 45.3 Å². The molecular weight excluding hydrogens is 212 g/mol. The monoisotopic (exact) mass is 240 g/mol. The van der Waals surface area contributed by atoms with Crippen molar-refractivity contribution in [3.63, 3.8) is 0 Å². The molecule has 2 atom stereocenters. The molecule has 0 aliphatic carbocycles. The Morgan fingerprint density at radius 1 is 1.29 bits per heavy atom. The van der Waals surface area contributed by atoms with Crippen LogP contribution in [-0.2, 0) is 4.74 Å². The van der Waals surface area contributed by atoms with Crippen LogP contribution in [0, 0.1) is 0 Å². The number of piperidine rings is 1. The fourth-order valence-electron chi connectivity index (χ4n) is 3.41. The Hall–Kier alpha value is -0.120. The zero-order valence-electron chi connectivity index (χ0n) is 11.7. The van der Waals surface area contributed by atoms with E-state index in [1.807, 2.05) is 0 Å². The molecule has 0 aromatic rings. The maximum Gasteiger partial charge on any atom is 0.0641 e. The normalized spacial score (nSPS) is 33.9. The number of likely N-dealkylation sites (N-methyl/N-ethyl adjacent to an activating group) is 1. The van der Waals surface area contributed by atoms with Crippen molar-refractivity contribution in [3.05, 3.63) is 0 Å². The molecule has 100 valence electrons. The summed E-state index contributed by atoms with van der Waals surface area (Å²) in [5.74, 6) is 0. The molecule has 2 saturated heterocycles. The van der Waals surface area contributed by atoms with Crippen LogP contribution in [0.1, 0.15) is 46.5 Å². The van der Waals surface area contributed by atoms with E-state index in [4.69, 9.17) is 4.74 Å². The summed E-state index contributed by atoms with van der Waals surface area (Å²) in [5, 5.41) is 3.54. The Labute approximate surface area is 106 Å². The molecule has 2 aliphatic heterocycles. The van der Waals surface area contributed by atoms with Crippen molar-refractivity contribution in [2.24, 2.45) is 0 Å². The molecule has 0 spiro atoms. The van der Waals surface area contributed by atoms with Crippen LogP contribution >= 0.6 is 0 Å².